The Morgan fingerprint density at radius 1 is 1.50 bits per heavy atom. The maximum absolute atomic E-state index is 11.3. The van der Waals surface area contributed by atoms with Crippen LogP contribution in [0.15, 0.2) is 0 Å². The van der Waals surface area contributed by atoms with Gasteiger partial charge in [0, 0.05) is 7.11 Å². The summed E-state index contributed by atoms with van der Waals surface area (Å²) in [6, 6.07) is 0. The molecule has 0 aromatic rings. The highest BCUT2D eigenvalue weighted by atomic mass is 16.5. The molecule has 0 heterocycles. The van der Waals surface area contributed by atoms with Crippen LogP contribution in [0.2, 0.25) is 0 Å². The van der Waals surface area contributed by atoms with Crippen LogP contribution in [0.4, 0.5) is 0 Å². The van der Waals surface area contributed by atoms with E-state index in [1.165, 1.54) is 0 Å². The van der Waals surface area contributed by atoms with Crippen molar-refractivity contribution >= 4 is 11.8 Å². The van der Waals surface area contributed by atoms with Crippen LogP contribution in [0, 0.1) is 0 Å². The van der Waals surface area contributed by atoms with Gasteiger partial charge in [0.1, 0.15) is 0 Å². The van der Waals surface area contributed by atoms with Crippen LogP contribution >= 0.6 is 0 Å². The molecule has 1 saturated carbocycles. The monoisotopic (exact) mass is 200 g/mol. The molecule has 3 N–H and O–H groups in total. The van der Waals surface area contributed by atoms with Crippen LogP contribution in [0.1, 0.15) is 25.7 Å². The van der Waals surface area contributed by atoms with Crippen LogP contribution in [0.25, 0.3) is 0 Å². The molecule has 0 saturated heterocycles. The zero-order chi connectivity index (χ0) is 10.6. The van der Waals surface area contributed by atoms with Crippen LogP contribution in [-0.4, -0.2) is 31.1 Å². The molecule has 0 aromatic heterocycles. The van der Waals surface area contributed by atoms with Gasteiger partial charge in [-0.15, -0.1) is 0 Å². The summed E-state index contributed by atoms with van der Waals surface area (Å²) in [6.45, 7) is -0.0986. The van der Waals surface area contributed by atoms with E-state index in [2.05, 4.69) is 5.32 Å². The smallest absolute Gasteiger partial charge is 0.236 e. The lowest BCUT2D eigenvalue weighted by Crippen LogP contribution is -2.45. The molecular weight excluding hydrogens is 184 g/mol. The predicted molar refractivity (Wildman–Crippen MR) is 50.4 cm³/mol. The van der Waals surface area contributed by atoms with Gasteiger partial charge in [-0.05, 0) is 19.3 Å². The summed E-state index contributed by atoms with van der Waals surface area (Å²) in [6.07, 6.45) is 3.23. The van der Waals surface area contributed by atoms with Crippen LogP contribution in [0.3, 0.4) is 0 Å². The van der Waals surface area contributed by atoms with Crippen LogP contribution in [-0.2, 0) is 14.3 Å². The molecule has 0 atom stereocenters. The van der Waals surface area contributed by atoms with E-state index < -0.39 is 5.91 Å². The average Bonchev–Trinajstić information content (AvgIpc) is 2.08. The fraction of sp³-hybridized carbons (Fsp3) is 0.778. The van der Waals surface area contributed by atoms with Crippen LogP contribution in [0.5, 0.6) is 0 Å². The largest absolute Gasteiger partial charge is 0.378 e. The van der Waals surface area contributed by atoms with Gasteiger partial charge in [0.2, 0.25) is 11.8 Å². The first-order valence-electron chi connectivity index (χ1n) is 4.68. The fourth-order valence-electron chi connectivity index (χ4n) is 1.56. The van der Waals surface area contributed by atoms with Crippen molar-refractivity contribution in [3.63, 3.8) is 0 Å². The van der Waals surface area contributed by atoms with Gasteiger partial charge in [-0.2, -0.15) is 0 Å². The number of nitrogens with one attached hydrogen (secondary N) is 1. The van der Waals surface area contributed by atoms with E-state index >= 15 is 0 Å². The molecule has 5 nitrogen and oxygen atoms in total. The molecule has 0 aliphatic heterocycles. The number of amides is 2. The third-order valence-electron chi connectivity index (χ3n) is 2.64. The Morgan fingerprint density at radius 2 is 2.14 bits per heavy atom. The second-order valence-electron chi connectivity index (χ2n) is 3.66. The summed E-state index contributed by atoms with van der Waals surface area (Å²) in [5.41, 5.74) is 4.61. The van der Waals surface area contributed by atoms with E-state index in [-0.39, 0.29) is 18.1 Å². The fourth-order valence-corrected chi connectivity index (χ4v) is 1.56. The molecule has 1 rings (SSSR count). The average molecular weight is 200 g/mol. The minimum Gasteiger partial charge on any atom is -0.378 e. The Bertz CT molecular complexity index is 231. The summed E-state index contributed by atoms with van der Waals surface area (Å²) < 4.78 is 5.27. The molecule has 0 bridgehead atoms. The van der Waals surface area contributed by atoms with Gasteiger partial charge in [0.05, 0.1) is 18.6 Å². The van der Waals surface area contributed by atoms with E-state index in [4.69, 9.17) is 10.5 Å². The van der Waals surface area contributed by atoms with Crippen molar-refractivity contribution in [1.82, 2.24) is 5.32 Å². The highest BCUT2D eigenvalue weighted by Gasteiger charge is 2.38. The van der Waals surface area contributed by atoms with E-state index in [9.17, 15) is 9.59 Å². The lowest BCUT2D eigenvalue weighted by Gasteiger charge is -2.39. The van der Waals surface area contributed by atoms with E-state index in [1.54, 1.807) is 7.11 Å². The van der Waals surface area contributed by atoms with E-state index in [0.717, 1.165) is 19.3 Å². The zero-order valence-electron chi connectivity index (χ0n) is 8.34. The normalized spacial score (nSPS) is 18.4. The molecular formula is C9H16N2O3. The lowest BCUT2D eigenvalue weighted by atomic mass is 9.77. The zero-order valence-corrected chi connectivity index (χ0v) is 8.34. The number of primary amides is 1. The molecule has 0 unspecified atom stereocenters. The summed E-state index contributed by atoms with van der Waals surface area (Å²) >= 11 is 0. The van der Waals surface area contributed by atoms with Gasteiger partial charge in [-0.25, -0.2) is 0 Å². The number of carbonyl (C=O) groups is 2. The predicted octanol–water partition coefficient (Wildman–Crippen LogP) is -0.453. The maximum Gasteiger partial charge on any atom is 0.236 e. The minimum atomic E-state index is -0.529. The number of rotatable bonds is 5. The molecule has 80 valence electrons. The summed E-state index contributed by atoms with van der Waals surface area (Å²) in [5.74, 6) is -0.705. The number of hydrogen-bond acceptors (Lipinski definition) is 3. The molecule has 0 aromatic carbocycles. The topological polar surface area (TPSA) is 81.4 Å². The number of nitrogens with two attached hydrogens (primary N) is 1. The van der Waals surface area contributed by atoms with Gasteiger partial charge in [0.25, 0.3) is 0 Å². The molecule has 14 heavy (non-hydrogen) atoms. The maximum atomic E-state index is 11.3. The summed E-state index contributed by atoms with van der Waals surface area (Å²) in [4.78, 5) is 21.7. The molecule has 0 radical (unpaired) electrons. The standard InChI is InChI=1S/C9H16N2O3/c1-14-9(3-2-4-9)5-8(13)11-6-7(10)12/h2-6H2,1H3,(H2,10,12)(H,11,13). The van der Waals surface area contributed by atoms with Gasteiger partial charge < -0.3 is 15.8 Å². The number of hydrogen-bond donors (Lipinski definition) is 2. The van der Waals surface area contributed by atoms with Crippen molar-refractivity contribution in [3.05, 3.63) is 0 Å². The second-order valence-corrected chi connectivity index (χ2v) is 3.66. The highest BCUT2D eigenvalue weighted by Crippen LogP contribution is 2.37. The Morgan fingerprint density at radius 3 is 2.50 bits per heavy atom. The van der Waals surface area contributed by atoms with Gasteiger partial charge in [0.15, 0.2) is 0 Å². The summed E-state index contributed by atoms with van der Waals surface area (Å²) in [7, 11) is 1.61. The minimum absolute atomic E-state index is 0.0986. The molecule has 1 aliphatic carbocycles. The van der Waals surface area contributed by atoms with Crippen LogP contribution < -0.4 is 11.1 Å². The molecule has 5 heteroatoms. The SMILES string of the molecule is COC1(CC(=O)NCC(N)=O)CCC1. The molecule has 1 fully saturated rings. The molecule has 0 spiro atoms. The molecule has 1 aliphatic rings. The molecule has 2 amide bonds. The van der Waals surface area contributed by atoms with Crippen molar-refractivity contribution in [2.24, 2.45) is 5.73 Å². The lowest BCUT2D eigenvalue weighted by molar-refractivity contribution is -0.135. The third kappa shape index (κ3) is 2.70. The Kier molecular flexibility index (Phi) is 3.46. The van der Waals surface area contributed by atoms with Crippen molar-refractivity contribution in [1.29, 1.82) is 0 Å². The number of ether oxygens (including phenoxy) is 1. The van der Waals surface area contributed by atoms with E-state index in [0.29, 0.717) is 6.42 Å². The first-order valence-corrected chi connectivity index (χ1v) is 4.68. The van der Waals surface area contributed by atoms with Gasteiger partial charge in [-0.1, -0.05) is 0 Å². The first kappa shape index (κ1) is 11.0. The van der Waals surface area contributed by atoms with Gasteiger partial charge in [-0.3, -0.25) is 9.59 Å². The van der Waals surface area contributed by atoms with Crippen molar-refractivity contribution in [3.8, 4) is 0 Å². The second kappa shape index (κ2) is 4.41. The Labute approximate surface area is 83.0 Å². The van der Waals surface area contributed by atoms with Crippen molar-refractivity contribution in [2.45, 2.75) is 31.3 Å². The van der Waals surface area contributed by atoms with Crippen molar-refractivity contribution < 1.29 is 14.3 Å². The summed E-state index contributed by atoms with van der Waals surface area (Å²) in [5, 5.41) is 2.45. The highest BCUT2D eigenvalue weighted by molar-refractivity contribution is 5.84. The van der Waals surface area contributed by atoms with Crippen molar-refractivity contribution in [2.75, 3.05) is 13.7 Å². The van der Waals surface area contributed by atoms with E-state index in [1.807, 2.05) is 0 Å². The Balaban J connectivity index is 2.28. The first-order chi connectivity index (χ1) is 6.58. The van der Waals surface area contributed by atoms with Gasteiger partial charge >= 0.3 is 0 Å². The number of carbonyl (C=O) groups excluding carboxylic acids is 2. The number of methoxy groups -OCH3 is 1. The third-order valence-corrected chi connectivity index (χ3v) is 2.64. The Hall–Kier alpha value is -1.10. The quantitative estimate of drug-likeness (QED) is 0.630.